The van der Waals surface area contributed by atoms with Crippen molar-refractivity contribution in [2.45, 2.75) is 11.1 Å². The van der Waals surface area contributed by atoms with E-state index in [1.165, 1.54) is 30.1 Å². The van der Waals surface area contributed by atoms with Gasteiger partial charge in [-0.3, -0.25) is 4.79 Å². The third-order valence-corrected chi connectivity index (χ3v) is 3.57. The molecule has 0 amide bonds. The van der Waals surface area contributed by atoms with Crippen LogP contribution in [0.5, 0.6) is 0 Å². The second kappa shape index (κ2) is 5.36. The number of thioether (sulfide) groups is 1. The summed E-state index contributed by atoms with van der Waals surface area (Å²) in [6.45, 7) is 0. The number of nitrogens with zero attached hydrogens (tertiary/aromatic N) is 1. The smallest absolute Gasteiger partial charge is 0.355 e. The molecular weight excluding hydrogens is 287 g/mol. The van der Waals surface area contributed by atoms with E-state index in [0.29, 0.717) is 4.90 Å². The summed E-state index contributed by atoms with van der Waals surface area (Å²) >= 11 is 1.27. The van der Waals surface area contributed by atoms with Crippen LogP contribution in [0.4, 0.5) is 13.2 Å². The third-order valence-electron chi connectivity index (χ3n) is 2.84. The first-order chi connectivity index (χ1) is 9.32. The summed E-state index contributed by atoms with van der Waals surface area (Å²) in [5, 5.41) is 0. The Morgan fingerprint density at radius 2 is 1.90 bits per heavy atom. The molecule has 0 spiro atoms. The number of pyridine rings is 1. The van der Waals surface area contributed by atoms with Crippen molar-refractivity contribution in [1.29, 1.82) is 0 Å². The summed E-state index contributed by atoms with van der Waals surface area (Å²) in [6.07, 6.45) is 0.534. The minimum atomic E-state index is -4.42. The third kappa shape index (κ3) is 2.90. The molecule has 106 valence electrons. The van der Waals surface area contributed by atoms with Crippen molar-refractivity contribution in [2.75, 3.05) is 6.26 Å². The first kappa shape index (κ1) is 14.7. The number of hydrogen-bond donors (Lipinski definition) is 0. The molecule has 1 heterocycles. The van der Waals surface area contributed by atoms with Crippen molar-refractivity contribution < 1.29 is 13.2 Å². The lowest BCUT2D eigenvalue weighted by Crippen LogP contribution is -2.11. The predicted octanol–water partition coefficient (Wildman–Crippen LogP) is 3.79. The van der Waals surface area contributed by atoms with Crippen LogP contribution < -0.4 is 5.43 Å². The summed E-state index contributed by atoms with van der Waals surface area (Å²) in [4.78, 5) is 12.7. The Balaban J connectivity index is 2.63. The van der Waals surface area contributed by atoms with Gasteiger partial charge in [-0.1, -0.05) is 12.1 Å². The zero-order chi connectivity index (χ0) is 14.9. The number of hydrogen-bond acceptors (Lipinski definition) is 2. The molecule has 0 aliphatic rings. The zero-order valence-electron chi connectivity index (χ0n) is 10.9. The van der Waals surface area contributed by atoms with Crippen LogP contribution in [0, 0.1) is 0 Å². The minimum Gasteiger partial charge on any atom is -0.355 e. The molecule has 2 aromatic rings. The molecule has 0 radical (unpaired) electrons. The van der Waals surface area contributed by atoms with Crippen LogP contribution in [0.3, 0.4) is 0 Å². The summed E-state index contributed by atoms with van der Waals surface area (Å²) in [5.74, 6) is 0. The number of aromatic nitrogens is 1. The summed E-state index contributed by atoms with van der Waals surface area (Å²) in [7, 11) is 1.73. The SMILES string of the molecule is CSc1cn(C)cc(-c2cccc(C(F)(F)F)c2)c1=O. The van der Waals surface area contributed by atoms with E-state index in [2.05, 4.69) is 0 Å². The van der Waals surface area contributed by atoms with Crippen molar-refractivity contribution in [3.8, 4) is 11.1 Å². The molecular formula is C14H12F3NOS. The van der Waals surface area contributed by atoms with Crippen molar-refractivity contribution in [3.63, 3.8) is 0 Å². The van der Waals surface area contributed by atoms with Crippen LogP contribution >= 0.6 is 11.8 Å². The molecule has 0 unspecified atom stereocenters. The first-order valence-electron chi connectivity index (χ1n) is 5.75. The maximum atomic E-state index is 12.7. The van der Waals surface area contributed by atoms with Crippen LogP contribution in [-0.2, 0) is 13.2 Å². The molecule has 2 rings (SSSR count). The molecule has 1 aromatic carbocycles. The summed E-state index contributed by atoms with van der Waals surface area (Å²) in [6, 6.07) is 4.81. The second-order valence-electron chi connectivity index (χ2n) is 4.31. The van der Waals surface area contributed by atoms with Gasteiger partial charge < -0.3 is 4.57 Å². The second-order valence-corrected chi connectivity index (χ2v) is 5.16. The lowest BCUT2D eigenvalue weighted by atomic mass is 10.0. The lowest BCUT2D eigenvalue weighted by molar-refractivity contribution is -0.137. The molecule has 0 bridgehead atoms. The summed E-state index contributed by atoms with van der Waals surface area (Å²) in [5.41, 5.74) is -0.469. The minimum absolute atomic E-state index is 0.255. The van der Waals surface area contributed by atoms with Gasteiger partial charge in [0.1, 0.15) is 0 Å². The van der Waals surface area contributed by atoms with Crippen LogP contribution in [0.15, 0.2) is 46.3 Å². The molecule has 0 fully saturated rings. The standard InChI is InChI=1S/C14H12F3NOS/c1-18-7-11(13(19)12(8-18)20-2)9-4-3-5-10(6-9)14(15,16)17/h3-8H,1-2H3. The Kier molecular flexibility index (Phi) is 3.94. The van der Waals surface area contributed by atoms with E-state index in [1.54, 1.807) is 24.1 Å². The van der Waals surface area contributed by atoms with E-state index in [-0.39, 0.29) is 16.6 Å². The topological polar surface area (TPSA) is 22.0 Å². The van der Waals surface area contributed by atoms with Crippen LogP contribution in [0.1, 0.15) is 5.56 Å². The van der Waals surface area contributed by atoms with Gasteiger partial charge in [0, 0.05) is 25.0 Å². The zero-order valence-corrected chi connectivity index (χ0v) is 11.7. The highest BCUT2D eigenvalue weighted by Crippen LogP contribution is 2.31. The summed E-state index contributed by atoms with van der Waals surface area (Å²) < 4.78 is 39.8. The molecule has 0 aliphatic heterocycles. The Labute approximate surface area is 118 Å². The largest absolute Gasteiger partial charge is 0.416 e. The number of alkyl halides is 3. The van der Waals surface area contributed by atoms with Gasteiger partial charge in [-0.05, 0) is 24.0 Å². The van der Waals surface area contributed by atoms with Gasteiger partial charge in [-0.25, -0.2) is 0 Å². The number of halogens is 3. The maximum Gasteiger partial charge on any atom is 0.416 e. The molecule has 2 nitrogen and oxygen atoms in total. The highest BCUT2D eigenvalue weighted by molar-refractivity contribution is 7.98. The van der Waals surface area contributed by atoms with E-state index in [0.717, 1.165) is 12.1 Å². The molecule has 0 saturated heterocycles. The highest BCUT2D eigenvalue weighted by Gasteiger charge is 2.30. The Hall–Kier alpha value is -1.69. The average molecular weight is 299 g/mol. The Morgan fingerprint density at radius 1 is 1.20 bits per heavy atom. The fraction of sp³-hybridized carbons (Fsp3) is 0.214. The van der Waals surface area contributed by atoms with Crippen molar-refractivity contribution in [1.82, 2.24) is 4.57 Å². The molecule has 0 saturated carbocycles. The Morgan fingerprint density at radius 3 is 2.50 bits per heavy atom. The fourth-order valence-corrected chi connectivity index (χ4v) is 2.46. The average Bonchev–Trinajstić information content (AvgIpc) is 2.40. The van der Waals surface area contributed by atoms with E-state index < -0.39 is 11.7 Å². The van der Waals surface area contributed by atoms with Crippen molar-refractivity contribution >= 4 is 11.8 Å². The molecule has 20 heavy (non-hydrogen) atoms. The van der Waals surface area contributed by atoms with Crippen LogP contribution in [-0.4, -0.2) is 10.8 Å². The van der Waals surface area contributed by atoms with E-state index in [4.69, 9.17) is 0 Å². The van der Waals surface area contributed by atoms with Gasteiger partial charge in [-0.2, -0.15) is 13.2 Å². The highest BCUT2D eigenvalue weighted by atomic mass is 32.2. The molecule has 0 aliphatic carbocycles. The van der Waals surface area contributed by atoms with Crippen LogP contribution in [0.25, 0.3) is 11.1 Å². The fourth-order valence-electron chi connectivity index (χ4n) is 1.89. The number of benzene rings is 1. The van der Waals surface area contributed by atoms with Gasteiger partial charge in [0.15, 0.2) is 0 Å². The quantitative estimate of drug-likeness (QED) is 0.787. The van der Waals surface area contributed by atoms with Gasteiger partial charge in [0.05, 0.1) is 10.5 Å². The van der Waals surface area contributed by atoms with Gasteiger partial charge in [0.25, 0.3) is 0 Å². The monoisotopic (exact) mass is 299 g/mol. The van der Waals surface area contributed by atoms with Gasteiger partial charge in [0.2, 0.25) is 5.43 Å². The van der Waals surface area contributed by atoms with E-state index in [1.807, 2.05) is 0 Å². The van der Waals surface area contributed by atoms with Crippen LogP contribution in [0.2, 0.25) is 0 Å². The number of aryl methyl sites for hydroxylation is 1. The Bertz CT molecular complexity index is 692. The van der Waals surface area contributed by atoms with Crippen molar-refractivity contribution in [2.24, 2.45) is 7.05 Å². The molecule has 6 heteroatoms. The van der Waals surface area contributed by atoms with Gasteiger partial charge in [-0.15, -0.1) is 11.8 Å². The molecule has 0 atom stereocenters. The van der Waals surface area contributed by atoms with Gasteiger partial charge >= 0.3 is 6.18 Å². The molecule has 0 N–H and O–H groups in total. The van der Waals surface area contributed by atoms with E-state index >= 15 is 0 Å². The normalized spacial score (nSPS) is 11.7. The predicted molar refractivity (Wildman–Crippen MR) is 73.9 cm³/mol. The molecule has 1 aromatic heterocycles. The van der Waals surface area contributed by atoms with E-state index in [9.17, 15) is 18.0 Å². The first-order valence-corrected chi connectivity index (χ1v) is 6.97. The lowest BCUT2D eigenvalue weighted by Gasteiger charge is -2.10. The maximum absolute atomic E-state index is 12.7. The van der Waals surface area contributed by atoms with Crippen molar-refractivity contribution in [3.05, 3.63) is 52.4 Å². The number of rotatable bonds is 2.